The molecule has 0 bridgehead atoms. The van der Waals surface area contributed by atoms with Crippen molar-refractivity contribution in [2.45, 2.75) is 32.6 Å². The zero-order valence-corrected chi connectivity index (χ0v) is 14.0. The van der Waals surface area contributed by atoms with Crippen molar-refractivity contribution in [2.75, 3.05) is 13.6 Å². The number of amides is 1. The Balaban J connectivity index is 1.96. The second-order valence-electron chi connectivity index (χ2n) is 6.20. The Bertz CT molecular complexity index is 795. The molecule has 0 radical (unpaired) electrons. The molecular weight excluding hydrogens is 306 g/mol. The van der Waals surface area contributed by atoms with Gasteiger partial charge < -0.3 is 10.0 Å². The molecule has 2 aromatic rings. The standard InChI is InChI=1S/C18H21N3O3/c1-12-6-3-4-8-14(12)21-15-9-5-7-13(15)17(19-21)18(24)20(2)11-10-16(22)23/h3-4,6,8H,5,7,9-11H2,1-2H3,(H,22,23). The monoisotopic (exact) mass is 327 g/mol. The molecule has 0 aliphatic heterocycles. The van der Waals surface area contributed by atoms with Crippen molar-refractivity contribution in [1.29, 1.82) is 0 Å². The first-order chi connectivity index (χ1) is 11.5. The van der Waals surface area contributed by atoms with Gasteiger partial charge in [-0.1, -0.05) is 18.2 Å². The highest BCUT2D eigenvalue weighted by molar-refractivity contribution is 5.94. The predicted molar refractivity (Wildman–Crippen MR) is 89.5 cm³/mol. The maximum absolute atomic E-state index is 12.7. The van der Waals surface area contributed by atoms with E-state index in [1.165, 1.54) is 4.90 Å². The van der Waals surface area contributed by atoms with Crippen LogP contribution in [0.2, 0.25) is 0 Å². The lowest BCUT2D eigenvalue weighted by molar-refractivity contribution is -0.137. The summed E-state index contributed by atoms with van der Waals surface area (Å²) in [6.45, 7) is 2.21. The minimum absolute atomic E-state index is 0.0665. The van der Waals surface area contributed by atoms with E-state index in [0.29, 0.717) is 5.69 Å². The number of hydrogen-bond acceptors (Lipinski definition) is 3. The normalized spacial score (nSPS) is 12.9. The highest BCUT2D eigenvalue weighted by atomic mass is 16.4. The summed E-state index contributed by atoms with van der Waals surface area (Å²) in [4.78, 5) is 24.9. The van der Waals surface area contributed by atoms with E-state index >= 15 is 0 Å². The Morgan fingerprint density at radius 1 is 1.29 bits per heavy atom. The molecule has 24 heavy (non-hydrogen) atoms. The van der Waals surface area contributed by atoms with Gasteiger partial charge >= 0.3 is 5.97 Å². The smallest absolute Gasteiger partial charge is 0.305 e. The van der Waals surface area contributed by atoms with Crippen molar-refractivity contribution in [3.05, 3.63) is 46.8 Å². The van der Waals surface area contributed by atoms with Crippen LogP contribution in [0.3, 0.4) is 0 Å². The van der Waals surface area contributed by atoms with E-state index in [2.05, 4.69) is 5.10 Å². The Morgan fingerprint density at radius 3 is 2.75 bits per heavy atom. The number of carboxylic acid groups (broad SMARTS) is 1. The van der Waals surface area contributed by atoms with Crippen molar-refractivity contribution >= 4 is 11.9 Å². The van der Waals surface area contributed by atoms with Crippen molar-refractivity contribution < 1.29 is 14.7 Å². The van der Waals surface area contributed by atoms with Gasteiger partial charge in [0.1, 0.15) is 0 Å². The molecule has 1 aliphatic rings. The molecule has 0 saturated heterocycles. The summed E-state index contributed by atoms with van der Waals surface area (Å²) in [6.07, 6.45) is 2.69. The highest BCUT2D eigenvalue weighted by Crippen LogP contribution is 2.29. The molecule has 0 unspecified atom stereocenters. The first-order valence-corrected chi connectivity index (χ1v) is 8.13. The number of benzene rings is 1. The van der Waals surface area contributed by atoms with Gasteiger partial charge in [0.05, 0.1) is 12.1 Å². The van der Waals surface area contributed by atoms with Gasteiger partial charge in [-0.05, 0) is 37.8 Å². The SMILES string of the molecule is Cc1ccccc1-n1nc(C(=O)N(C)CCC(=O)O)c2c1CCC2. The summed E-state index contributed by atoms with van der Waals surface area (Å²) >= 11 is 0. The summed E-state index contributed by atoms with van der Waals surface area (Å²) in [5.74, 6) is -1.12. The summed E-state index contributed by atoms with van der Waals surface area (Å²) in [6, 6.07) is 7.97. The van der Waals surface area contributed by atoms with Crippen LogP contribution in [-0.2, 0) is 17.6 Å². The molecule has 126 valence electrons. The van der Waals surface area contributed by atoms with Crippen LogP contribution in [0.4, 0.5) is 0 Å². The average Bonchev–Trinajstić information content (AvgIpc) is 3.15. The Kier molecular flexibility index (Phi) is 4.38. The predicted octanol–water partition coefficient (Wildman–Crippen LogP) is 2.22. The van der Waals surface area contributed by atoms with Crippen molar-refractivity contribution in [1.82, 2.24) is 14.7 Å². The topological polar surface area (TPSA) is 75.4 Å². The Morgan fingerprint density at radius 2 is 2.04 bits per heavy atom. The van der Waals surface area contributed by atoms with Gasteiger partial charge in [0.2, 0.25) is 0 Å². The number of hydrogen-bond donors (Lipinski definition) is 1. The molecule has 6 nitrogen and oxygen atoms in total. The van der Waals surface area contributed by atoms with Crippen LogP contribution in [0.15, 0.2) is 24.3 Å². The number of aryl methyl sites for hydroxylation is 1. The number of rotatable bonds is 5. The van der Waals surface area contributed by atoms with E-state index in [1.807, 2.05) is 35.9 Å². The minimum Gasteiger partial charge on any atom is -0.481 e. The molecule has 0 spiro atoms. The molecule has 0 saturated carbocycles. The molecular formula is C18H21N3O3. The molecule has 6 heteroatoms. The molecule has 3 rings (SSSR count). The van der Waals surface area contributed by atoms with Crippen molar-refractivity contribution in [3.63, 3.8) is 0 Å². The fraction of sp³-hybridized carbons (Fsp3) is 0.389. The zero-order valence-electron chi connectivity index (χ0n) is 14.0. The second-order valence-corrected chi connectivity index (χ2v) is 6.20. The van der Waals surface area contributed by atoms with Gasteiger partial charge in [-0.2, -0.15) is 5.10 Å². The number of carbonyl (C=O) groups excluding carboxylic acids is 1. The lowest BCUT2D eigenvalue weighted by Gasteiger charge is -2.15. The van der Waals surface area contributed by atoms with Crippen molar-refractivity contribution in [3.8, 4) is 5.69 Å². The molecule has 1 heterocycles. The molecule has 1 N–H and O–H groups in total. The van der Waals surface area contributed by atoms with E-state index < -0.39 is 5.97 Å². The molecule has 0 fully saturated rings. The zero-order chi connectivity index (χ0) is 17.3. The first-order valence-electron chi connectivity index (χ1n) is 8.13. The maximum Gasteiger partial charge on any atom is 0.305 e. The fourth-order valence-corrected chi connectivity index (χ4v) is 3.16. The first kappa shape index (κ1) is 16.2. The third kappa shape index (κ3) is 2.91. The molecule has 1 aromatic heterocycles. The largest absolute Gasteiger partial charge is 0.481 e. The van der Waals surface area contributed by atoms with E-state index in [9.17, 15) is 9.59 Å². The number of carbonyl (C=O) groups is 2. The number of aliphatic carboxylic acids is 1. The number of nitrogens with zero attached hydrogens (tertiary/aromatic N) is 3. The van der Waals surface area contributed by atoms with Crippen LogP contribution >= 0.6 is 0 Å². The molecule has 1 aliphatic carbocycles. The Hall–Kier alpha value is -2.63. The third-order valence-corrected chi connectivity index (χ3v) is 4.48. The number of para-hydroxylation sites is 1. The van der Waals surface area contributed by atoms with Gasteiger partial charge in [-0.15, -0.1) is 0 Å². The second kappa shape index (κ2) is 6.47. The molecule has 0 atom stereocenters. The van der Waals surface area contributed by atoms with Gasteiger partial charge in [-0.25, -0.2) is 4.68 Å². The number of carboxylic acids is 1. The third-order valence-electron chi connectivity index (χ3n) is 4.48. The lowest BCUT2D eigenvalue weighted by atomic mass is 10.1. The maximum atomic E-state index is 12.7. The van der Waals surface area contributed by atoms with Crippen LogP contribution < -0.4 is 0 Å². The van der Waals surface area contributed by atoms with Gasteiger partial charge in [0.25, 0.3) is 5.91 Å². The van der Waals surface area contributed by atoms with E-state index in [4.69, 9.17) is 5.11 Å². The van der Waals surface area contributed by atoms with Gasteiger partial charge in [0.15, 0.2) is 5.69 Å². The van der Waals surface area contributed by atoms with Crippen molar-refractivity contribution in [2.24, 2.45) is 0 Å². The van der Waals surface area contributed by atoms with E-state index in [0.717, 1.165) is 41.8 Å². The summed E-state index contributed by atoms with van der Waals surface area (Å²) in [5.41, 5.74) is 4.65. The summed E-state index contributed by atoms with van der Waals surface area (Å²) in [5, 5.41) is 13.4. The minimum atomic E-state index is -0.912. The Labute approximate surface area is 140 Å². The molecule has 1 amide bonds. The number of aromatic nitrogens is 2. The van der Waals surface area contributed by atoms with Crippen LogP contribution in [0.25, 0.3) is 5.69 Å². The van der Waals surface area contributed by atoms with Crippen LogP contribution in [-0.4, -0.2) is 45.3 Å². The fourth-order valence-electron chi connectivity index (χ4n) is 3.16. The van der Waals surface area contributed by atoms with Crippen LogP contribution in [0.5, 0.6) is 0 Å². The summed E-state index contributed by atoms with van der Waals surface area (Å²) in [7, 11) is 1.62. The summed E-state index contributed by atoms with van der Waals surface area (Å²) < 4.78 is 1.88. The quantitative estimate of drug-likeness (QED) is 0.913. The average molecular weight is 327 g/mol. The number of fused-ring (bicyclic) bond motifs is 1. The van der Waals surface area contributed by atoms with Gasteiger partial charge in [0, 0.05) is 24.8 Å². The van der Waals surface area contributed by atoms with Crippen LogP contribution in [0, 0.1) is 6.92 Å². The van der Waals surface area contributed by atoms with E-state index in [1.54, 1.807) is 7.05 Å². The van der Waals surface area contributed by atoms with E-state index in [-0.39, 0.29) is 18.9 Å². The van der Waals surface area contributed by atoms with Crippen LogP contribution in [0.1, 0.15) is 40.2 Å². The van der Waals surface area contributed by atoms with Gasteiger partial charge in [-0.3, -0.25) is 9.59 Å². The molecule has 1 aromatic carbocycles. The highest BCUT2D eigenvalue weighted by Gasteiger charge is 2.28. The lowest BCUT2D eigenvalue weighted by Crippen LogP contribution is -2.30.